The van der Waals surface area contributed by atoms with Crippen LogP contribution >= 0.6 is 22.7 Å². The number of thiazole rings is 1. The Bertz CT molecular complexity index is 1130. The third kappa shape index (κ3) is 3.47. The Morgan fingerprint density at radius 3 is 2.67 bits per heavy atom. The highest BCUT2D eigenvalue weighted by atomic mass is 32.1. The molecule has 0 radical (unpaired) electrons. The SMILES string of the molecule is COC(=O)c1sc(-c2ccccc2)cc1NC(=O)c1ccc2ncsc2c1. The minimum absolute atomic E-state index is 0.284. The van der Waals surface area contributed by atoms with Crippen LogP contribution in [0, 0.1) is 0 Å². The van der Waals surface area contributed by atoms with Gasteiger partial charge >= 0.3 is 5.97 Å². The fourth-order valence-electron chi connectivity index (χ4n) is 2.66. The minimum Gasteiger partial charge on any atom is -0.465 e. The average Bonchev–Trinajstić information content (AvgIpc) is 3.34. The molecule has 0 unspecified atom stereocenters. The number of rotatable bonds is 4. The van der Waals surface area contributed by atoms with Crippen molar-refractivity contribution in [3.63, 3.8) is 0 Å². The van der Waals surface area contributed by atoms with E-state index < -0.39 is 5.97 Å². The molecule has 0 saturated carbocycles. The van der Waals surface area contributed by atoms with Crippen LogP contribution in [0.1, 0.15) is 20.0 Å². The van der Waals surface area contributed by atoms with Gasteiger partial charge in [0, 0.05) is 10.4 Å². The van der Waals surface area contributed by atoms with Crippen LogP contribution < -0.4 is 5.32 Å². The van der Waals surface area contributed by atoms with Crippen molar-refractivity contribution in [3.05, 3.63) is 70.5 Å². The van der Waals surface area contributed by atoms with E-state index in [1.807, 2.05) is 36.4 Å². The Balaban J connectivity index is 1.68. The summed E-state index contributed by atoms with van der Waals surface area (Å²) in [6.07, 6.45) is 0. The van der Waals surface area contributed by atoms with Gasteiger partial charge in [0.05, 0.1) is 28.5 Å². The molecule has 0 aliphatic rings. The molecule has 7 heteroatoms. The zero-order valence-electron chi connectivity index (χ0n) is 14.3. The van der Waals surface area contributed by atoms with Gasteiger partial charge in [0.25, 0.3) is 5.91 Å². The second kappa shape index (κ2) is 7.30. The van der Waals surface area contributed by atoms with Crippen LogP contribution in [-0.2, 0) is 4.74 Å². The van der Waals surface area contributed by atoms with Gasteiger partial charge in [0.2, 0.25) is 0 Å². The van der Waals surface area contributed by atoms with Gasteiger partial charge in [-0.3, -0.25) is 4.79 Å². The fraction of sp³-hybridized carbons (Fsp3) is 0.0500. The number of carbonyl (C=O) groups is 2. The lowest BCUT2D eigenvalue weighted by atomic mass is 10.1. The van der Waals surface area contributed by atoms with Crippen LogP contribution in [-0.4, -0.2) is 24.0 Å². The predicted octanol–water partition coefficient (Wildman–Crippen LogP) is 5.06. The van der Waals surface area contributed by atoms with E-state index in [2.05, 4.69) is 10.3 Å². The maximum atomic E-state index is 12.7. The van der Waals surface area contributed by atoms with Crippen molar-refractivity contribution in [1.82, 2.24) is 4.98 Å². The number of hydrogen-bond acceptors (Lipinski definition) is 6. The number of carbonyl (C=O) groups excluding carboxylic acids is 2. The molecule has 0 aliphatic carbocycles. The number of nitrogens with one attached hydrogen (secondary N) is 1. The first-order chi connectivity index (χ1) is 13.2. The maximum absolute atomic E-state index is 12.7. The molecule has 0 atom stereocenters. The first-order valence-corrected chi connectivity index (χ1v) is 9.77. The van der Waals surface area contributed by atoms with E-state index in [9.17, 15) is 9.59 Å². The summed E-state index contributed by atoms with van der Waals surface area (Å²) in [7, 11) is 1.33. The molecule has 0 bridgehead atoms. The van der Waals surface area contributed by atoms with E-state index in [4.69, 9.17) is 4.74 Å². The summed E-state index contributed by atoms with van der Waals surface area (Å²) in [5, 5.41) is 2.84. The van der Waals surface area contributed by atoms with E-state index in [1.54, 1.807) is 23.7 Å². The van der Waals surface area contributed by atoms with Crippen molar-refractivity contribution in [1.29, 1.82) is 0 Å². The number of ether oxygens (including phenoxy) is 1. The summed E-state index contributed by atoms with van der Waals surface area (Å²) in [6, 6.07) is 16.8. The Morgan fingerprint density at radius 1 is 1.07 bits per heavy atom. The molecule has 4 aromatic rings. The monoisotopic (exact) mass is 394 g/mol. The predicted molar refractivity (Wildman–Crippen MR) is 109 cm³/mol. The lowest BCUT2D eigenvalue weighted by molar-refractivity contribution is 0.0607. The first kappa shape index (κ1) is 17.4. The number of benzene rings is 2. The maximum Gasteiger partial charge on any atom is 0.350 e. The number of fused-ring (bicyclic) bond motifs is 1. The molecule has 1 amide bonds. The molecule has 4 rings (SSSR count). The largest absolute Gasteiger partial charge is 0.465 e. The van der Waals surface area contributed by atoms with E-state index in [0.717, 1.165) is 20.7 Å². The summed E-state index contributed by atoms with van der Waals surface area (Å²) in [6.45, 7) is 0. The second-order valence-electron chi connectivity index (χ2n) is 5.70. The van der Waals surface area contributed by atoms with Crippen molar-refractivity contribution in [3.8, 4) is 10.4 Å². The molecule has 2 aromatic carbocycles. The summed E-state index contributed by atoms with van der Waals surface area (Å²) in [4.78, 5) is 30.3. The zero-order valence-corrected chi connectivity index (χ0v) is 15.9. The fourth-order valence-corrected chi connectivity index (χ4v) is 4.42. The van der Waals surface area contributed by atoms with Gasteiger partial charge < -0.3 is 10.1 Å². The molecule has 27 heavy (non-hydrogen) atoms. The number of aromatic nitrogens is 1. The smallest absolute Gasteiger partial charge is 0.350 e. The van der Waals surface area contributed by atoms with Crippen molar-refractivity contribution in [2.24, 2.45) is 0 Å². The van der Waals surface area contributed by atoms with Crippen LogP contribution in [0.15, 0.2) is 60.1 Å². The molecule has 0 fully saturated rings. The van der Waals surface area contributed by atoms with E-state index in [1.165, 1.54) is 29.8 Å². The summed E-state index contributed by atoms with van der Waals surface area (Å²) < 4.78 is 5.81. The van der Waals surface area contributed by atoms with E-state index in [-0.39, 0.29) is 5.91 Å². The summed E-state index contributed by atoms with van der Waals surface area (Å²) >= 11 is 2.76. The third-order valence-corrected chi connectivity index (χ3v) is 5.96. The van der Waals surface area contributed by atoms with Crippen LogP contribution in [0.2, 0.25) is 0 Å². The number of thiophene rings is 1. The first-order valence-electron chi connectivity index (χ1n) is 8.08. The van der Waals surface area contributed by atoms with Crippen LogP contribution in [0.4, 0.5) is 5.69 Å². The molecule has 2 aromatic heterocycles. The number of nitrogens with zero attached hydrogens (tertiary/aromatic N) is 1. The van der Waals surface area contributed by atoms with E-state index >= 15 is 0 Å². The van der Waals surface area contributed by atoms with Crippen LogP contribution in [0.25, 0.3) is 20.7 Å². The van der Waals surface area contributed by atoms with Gasteiger partial charge in [-0.1, -0.05) is 30.3 Å². The number of esters is 1. The molecule has 2 heterocycles. The number of hydrogen-bond donors (Lipinski definition) is 1. The molecular weight excluding hydrogens is 380 g/mol. The Morgan fingerprint density at radius 2 is 1.89 bits per heavy atom. The molecule has 5 nitrogen and oxygen atoms in total. The zero-order chi connectivity index (χ0) is 18.8. The van der Waals surface area contributed by atoms with Crippen molar-refractivity contribution in [2.75, 3.05) is 12.4 Å². The van der Waals surface area contributed by atoms with Gasteiger partial charge in [0.1, 0.15) is 4.88 Å². The average molecular weight is 394 g/mol. The molecule has 0 spiro atoms. The minimum atomic E-state index is -0.476. The summed E-state index contributed by atoms with van der Waals surface area (Å²) in [5.41, 5.74) is 4.52. The number of methoxy groups -OCH3 is 1. The van der Waals surface area contributed by atoms with Crippen LogP contribution in [0.3, 0.4) is 0 Å². The molecular formula is C20H14N2O3S2. The highest BCUT2D eigenvalue weighted by Crippen LogP contribution is 2.35. The van der Waals surface area contributed by atoms with Gasteiger partial charge in [-0.25, -0.2) is 9.78 Å². The second-order valence-corrected chi connectivity index (χ2v) is 7.64. The highest BCUT2D eigenvalue weighted by molar-refractivity contribution is 7.18. The quantitative estimate of drug-likeness (QED) is 0.491. The number of anilines is 1. The third-order valence-electron chi connectivity index (χ3n) is 4.00. The van der Waals surface area contributed by atoms with Gasteiger partial charge in [-0.15, -0.1) is 22.7 Å². The van der Waals surface area contributed by atoms with Gasteiger partial charge in [-0.2, -0.15) is 0 Å². The normalized spacial score (nSPS) is 10.7. The van der Waals surface area contributed by atoms with Crippen molar-refractivity contribution in [2.45, 2.75) is 0 Å². The molecule has 0 saturated heterocycles. The van der Waals surface area contributed by atoms with Gasteiger partial charge in [0.15, 0.2) is 0 Å². The molecule has 1 N–H and O–H groups in total. The molecule has 134 valence electrons. The summed E-state index contributed by atoms with van der Waals surface area (Å²) in [5.74, 6) is -0.761. The Hall–Kier alpha value is -3.03. The van der Waals surface area contributed by atoms with E-state index in [0.29, 0.717) is 16.1 Å². The standard InChI is InChI=1S/C20H14N2O3S2/c1-25-20(24)18-15(10-16(27-18)12-5-3-2-4-6-12)22-19(23)13-7-8-14-17(9-13)26-11-21-14/h2-11H,1H3,(H,22,23). The highest BCUT2D eigenvalue weighted by Gasteiger charge is 2.20. The van der Waals surface area contributed by atoms with Crippen molar-refractivity contribution >= 4 is 50.5 Å². The lowest BCUT2D eigenvalue weighted by Crippen LogP contribution is -2.13. The van der Waals surface area contributed by atoms with Crippen molar-refractivity contribution < 1.29 is 14.3 Å². The number of amides is 1. The Kier molecular flexibility index (Phi) is 4.70. The van der Waals surface area contributed by atoms with Crippen LogP contribution in [0.5, 0.6) is 0 Å². The topological polar surface area (TPSA) is 68.3 Å². The lowest BCUT2D eigenvalue weighted by Gasteiger charge is -2.05. The molecule has 0 aliphatic heterocycles. The van der Waals surface area contributed by atoms with Gasteiger partial charge in [-0.05, 0) is 29.8 Å². The Labute approximate surface area is 163 Å².